The molecule has 80 valence electrons. The molecular formula is C12H15NOS. The highest BCUT2D eigenvalue weighted by molar-refractivity contribution is 7.80. The highest BCUT2D eigenvalue weighted by atomic mass is 32.1. The van der Waals surface area contributed by atoms with E-state index in [0.717, 1.165) is 24.3 Å². The molecule has 0 aromatic heterocycles. The van der Waals surface area contributed by atoms with E-state index in [1.165, 1.54) is 0 Å². The van der Waals surface area contributed by atoms with Gasteiger partial charge >= 0.3 is 0 Å². The predicted octanol–water partition coefficient (Wildman–Crippen LogP) is 2.77. The molecule has 1 rings (SSSR count). The normalized spacial score (nSPS) is 10.5. The first-order valence-electron chi connectivity index (χ1n) is 4.92. The number of benzene rings is 1. The molecule has 0 amide bonds. The fourth-order valence-corrected chi connectivity index (χ4v) is 1.14. The number of hydrogen-bond acceptors (Lipinski definition) is 2. The summed E-state index contributed by atoms with van der Waals surface area (Å²) < 4.78 is 5.46. The number of nitrogens with two attached hydrogens (primary N) is 1. The minimum atomic E-state index is 0.390. The summed E-state index contributed by atoms with van der Waals surface area (Å²) >= 11 is 4.74. The van der Waals surface area contributed by atoms with Gasteiger partial charge in [-0.3, -0.25) is 0 Å². The molecule has 0 bridgehead atoms. The molecular weight excluding hydrogens is 206 g/mol. The molecule has 0 saturated heterocycles. The molecule has 0 atom stereocenters. The van der Waals surface area contributed by atoms with Gasteiger partial charge in [0.1, 0.15) is 5.75 Å². The Morgan fingerprint density at radius 2 is 2.07 bits per heavy atom. The smallest absolute Gasteiger partial charge is 0.119 e. The molecule has 0 aliphatic rings. The van der Waals surface area contributed by atoms with Crippen LogP contribution in [0.1, 0.15) is 18.9 Å². The maximum Gasteiger partial charge on any atom is 0.119 e. The van der Waals surface area contributed by atoms with Gasteiger partial charge in [0.15, 0.2) is 0 Å². The molecule has 0 aliphatic heterocycles. The highest BCUT2D eigenvalue weighted by Crippen LogP contribution is 2.13. The van der Waals surface area contributed by atoms with Crippen LogP contribution in [0.5, 0.6) is 5.75 Å². The van der Waals surface area contributed by atoms with E-state index < -0.39 is 0 Å². The summed E-state index contributed by atoms with van der Waals surface area (Å²) in [6.45, 7) is 2.83. The van der Waals surface area contributed by atoms with Crippen molar-refractivity contribution in [3.8, 4) is 5.75 Å². The summed E-state index contributed by atoms with van der Waals surface area (Å²) in [6, 6.07) is 7.82. The fraction of sp³-hybridized carbons (Fsp3) is 0.250. The van der Waals surface area contributed by atoms with Crippen LogP contribution in [0, 0.1) is 0 Å². The van der Waals surface area contributed by atoms with Crippen molar-refractivity contribution in [1.29, 1.82) is 0 Å². The maximum absolute atomic E-state index is 5.46. The standard InChI is InChI=1S/C12H15NOS/c1-2-9-14-11-6-3-10(4-7-11)5-8-12(13)15/h3-8H,2,9H2,1H3,(H2,13,15)/b8-5-. The highest BCUT2D eigenvalue weighted by Gasteiger charge is 1.92. The van der Waals surface area contributed by atoms with Gasteiger partial charge in [-0.05, 0) is 30.2 Å². The molecule has 0 fully saturated rings. The third-order valence-electron chi connectivity index (χ3n) is 1.79. The minimum absolute atomic E-state index is 0.390. The lowest BCUT2D eigenvalue weighted by molar-refractivity contribution is 0.317. The van der Waals surface area contributed by atoms with E-state index in [0.29, 0.717) is 4.99 Å². The second-order valence-electron chi connectivity index (χ2n) is 3.15. The lowest BCUT2D eigenvalue weighted by Gasteiger charge is -2.03. The van der Waals surface area contributed by atoms with Gasteiger partial charge in [-0.15, -0.1) is 0 Å². The molecule has 3 heteroatoms. The molecule has 1 aromatic carbocycles. The predicted molar refractivity (Wildman–Crippen MR) is 68.0 cm³/mol. The first kappa shape index (κ1) is 11.7. The largest absolute Gasteiger partial charge is 0.494 e. The van der Waals surface area contributed by atoms with Gasteiger partial charge in [0.05, 0.1) is 11.6 Å². The molecule has 0 spiro atoms. The fourth-order valence-electron chi connectivity index (χ4n) is 1.07. The van der Waals surface area contributed by atoms with E-state index in [2.05, 4.69) is 6.92 Å². The lowest BCUT2D eigenvalue weighted by Crippen LogP contribution is -2.01. The van der Waals surface area contributed by atoms with E-state index in [1.807, 2.05) is 30.3 Å². The van der Waals surface area contributed by atoms with E-state index in [-0.39, 0.29) is 0 Å². The van der Waals surface area contributed by atoms with Crippen molar-refractivity contribution in [3.63, 3.8) is 0 Å². The first-order chi connectivity index (χ1) is 7.22. The molecule has 0 unspecified atom stereocenters. The SMILES string of the molecule is CCCOc1ccc(/C=C\C(N)=S)cc1. The van der Waals surface area contributed by atoms with Crippen LogP contribution in [-0.4, -0.2) is 11.6 Å². The Bertz CT molecular complexity index is 343. The van der Waals surface area contributed by atoms with Crippen molar-refractivity contribution >= 4 is 23.3 Å². The van der Waals surface area contributed by atoms with Gasteiger partial charge in [0.2, 0.25) is 0 Å². The van der Waals surface area contributed by atoms with Crippen LogP contribution < -0.4 is 10.5 Å². The Labute approximate surface area is 95.7 Å². The number of hydrogen-bond donors (Lipinski definition) is 1. The summed E-state index contributed by atoms with van der Waals surface area (Å²) in [5, 5.41) is 0. The lowest BCUT2D eigenvalue weighted by atomic mass is 10.2. The quantitative estimate of drug-likeness (QED) is 0.613. The van der Waals surface area contributed by atoms with Crippen molar-refractivity contribution in [2.24, 2.45) is 5.73 Å². The van der Waals surface area contributed by atoms with Gasteiger partial charge in [0, 0.05) is 0 Å². The van der Waals surface area contributed by atoms with Crippen LogP contribution in [-0.2, 0) is 0 Å². The van der Waals surface area contributed by atoms with E-state index in [9.17, 15) is 0 Å². The molecule has 0 heterocycles. The minimum Gasteiger partial charge on any atom is -0.494 e. The summed E-state index contributed by atoms with van der Waals surface area (Å²) in [5.41, 5.74) is 6.42. The number of thiocarbonyl (C=S) groups is 1. The summed E-state index contributed by atoms with van der Waals surface area (Å²) in [5.74, 6) is 0.893. The van der Waals surface area contributed by atoms with E-state index in [1.54, 1.807) is 6.08 Å². The van der Waals surface area contributed by atoms with E-state index >= 15 is 0 Å². The number of ether oxygens (including phenoxy) is 1. The Kier molecular flexibility index (Phi) is 4.84. The third-order valence-corrected chi connectivity index (χ3v) is 1.93. The second-order valence-corrected chi connectivity index (χ2v) is 3.62. The zero-order valence-corrected chi connectivity index (χ0v) is 9.59. The summed E-state index contributed by atoms with van der Waals surface area (Å²) in [6.07, 6.45) is 4.60. The topological polar surface area (TPSA) is 35.2 Å². The van der Waals surface area contributed by atoms with Gasteiger partial charge in [-0.1, -0.05) is 37.4 Å². The molecule has 15 heavy (non-hydrogen) atoms. The summed E-state index contributed by atoms with van der Waals surface area (Å²) in [4.78, 5) is 0.390. The molecule has 0 saturated carbocycles. The van der Waals surface area contributed by atoms with Crippen molar-refractivity contribution in [3.05, 3.63) is 35.9 Å². The Balaban J connectivity index is 2.60. The van der Waals surface area contributed by atoms with Crippen LogP contribution >= 0.6 is 12.2 Å². The van der Waals surface area contributed by atoms with E-state index in [4.69, 9.17) is 22.7 Å². The van der Waals surface area contributed by atoms with Crippen molar-refractivity contribution in [2.45, 2.75) is 13.3 Å². The van der Waals surface area contributed by atoms with Crippen LogP contribution in [0.4, 0.5) is 0 Å². The van der Waals surface area contributed by atoms with Crippen LogP contribution in [0.25, 0.3) is 6.08 Å². The Hall–Kier alpha value is -1.35. The van der Waals surface area contributed by atoms with Gasteiger partial charge in [0.25, 0.3) is 0 Å². The average Bonchev–Trinajstić information content (AvgIpc) is 2.25. The molecule has 0 radical (unpaired) electrons. The Morgan fingerprint density at radius 3 is 2.60 bits per heavy atom. The zero-order chi connectivity index (χ0) is 11.1. The second kappa shape index (κ2) is 6.19. The third kappa shape index (κ3) is 4.61. The van der Waals surface area contributed by atoms with Gasteiger partial charge in [-0.25, -0.2) is 0 Å². The van der Waals surface area contributed by atoms with Crippen molar-refractivity contribution < 1.29 is 4.74 Å². The maximum atomic E-state index is 5.46. The summed E-state index contributed by atoms with van der Waals surface area (Å²) in [7, 11) is 0. The van der Waals surface area contributed by atoms with Crippen LogP contribution in [0.15, 0.2) is 30.3 Å². The number of rotatable bonds is 5. The first-order valence-corrected chi connectivity index (χ1v) is 5.33. The molecule has 0 aliphatic carbocycles. The Morgan fingerprint density at radius 1 is 1.40 bits per heavy atom. The van der Waals surface area contributed by atoms with Gasteiger partial charge in [-0.2, -0.15) is 0 Å². The average molecular weight is 221 g/mol. The zero-order valence-electron chi connectivity index (χ0n) is 8.77. The molecule has 2 nitrogen and oxygen atoms in total. The van der Waals surface area contributed by atoms with Crippen molar-refractivity contribution in [1.82, 2.24) is 0 Å². The molecule has 2 N–H and O–H groups in total. The van der Waals surface area contributed by atoms with Crippen LogP contribution in [0.2, 0.25) is 0 Å². The van der Waals surface area contributed by atoms with Crippen LogP contribution in [0.3, 0.4) is 0 Å². The monoisotopic (exact) mass is 221 g/mol. The van der Waals surface area contributed by atoms with Crippen molar-refractivity contribution in [2.75, 3.05) is 6.61 Å². The molecule has 1 aromatic rings. The van der Waals surface area contributed by atoms with Gasteiger partial charge < -0.3 is 10.5 Å².